The van der Waals surface area contributed by atoms with Crippen molar-refractivity contribution in [1.82, 2.24) is 4.98 Å². The number of likely N-dealkylation sites (N-methyl/N-ethyl adjacent to an activating group) is 1. The third-order valence-corrected chi connectivity index (χ3v) is 2.07. The minimum Gasteiger partial charge on any atom is -0.392 e. The van der Waals surface area contributed by atoms with Crippen LogP contribution in [0.1, 0.15) is 12.5 Å². The van der Waals surface area contributed by atoms with Crippen molar-refractivity contribution in [1.29, 1.82) is 0 Å². The lowest BCUT2D eigenvalue weighted by Gasteiger charge is -2.22. The minimum atomic E-state index is -0.411. The van der Waals surface area contributed by atoms with Crippen LogP contribution in [0.4, 0.5) is 5.82 Å². The van der Waals surface area contributed by atoms with Crippen molar-refractivity contribution in [2.24, 2.45) is 5.73 Å². The Morgan fingerprint density at radius 3 is 2.93 bits per heavy atom. The Bertz CT molecular complexity index is 341. The Labute approximate surface area is 88.5 Å². The van der Waals surface area contributed by atoms with Crippen LogP contribution in [-0.2, 0) is 11.4 Å². The number of nitrogens with two attached hydrogens (primary N) is 1. The van der Waals surface area contributed by atoms with Gasteiger partial charge in [-0.3, -0.25) is 4.79 Å². The molecule has 5 nitrogen and oxygen atoms in total. The number of hydrogen-bond acceptors (Lipinski definition) is 4. The van der Waals surface area contributed by atoms with Gasteiger partial charge in [0.15, 0.2) is 0 Å². The first kappa shape index (κ1) is 11.5. The lowest BCUT2D eigenvalue weighted by Crippen LogP contribution is -2.34. The standard InChI is InChI=1S/C10H15N3O2/c1-2-13(6-9(11)15)10-8(7-14)4-3-5-12-10/h3-5,14H,2,6-7H2,1H3,(H2,11,15). The van der Waals surface area contributed by atoms with E-state index in [0.717, 1.165) is 0 Å². The smallest absolute Gasteiger partial charge is 0.236 e. The third-order valence-electron chi connectivity index (χ3n) is 2.07. The quantitative estimate of drug-likeness (QED) is 0.709. The summed E-state index contributed by atoms with van der Waals surface area (Å²) in [4.78, 5) is 16.7. The van der Waals surface area contributed by atoms with Gasteiger partial charge in [0.1, 0.15) is 5.82 Å². The zero-order valence-corrected chi connectivity index (χ0v) is 8.68. The van der Waals surface area contributed by atoms with Crippen molar-refractivity contribution in [3.63, 3.8) is 0 Å². The molecule has 0 aromatic carbocycles. The number of anilines is 1. The Kier molecular flexibility index (Phi) is 4.05. The molecule has 5 heteroatoms. The van der Waals surface area contributed by atoms with E-state index in [-0.39, 0.29) is 13.2 Å². The molecule has 1 rings (SSSR count). The summed E-state index contributed by atoms with van der Waals surface area (Å²) in [5, 5.41) is 9.11. The number of aliphatic hydroxyl groups excluding tert-OH is 1. The maximum atomic E-state index is 10.8. The number of primary amides is 1. The molecule has 0 aliphatic heterocycles. The maximum Gasteiger partial charge on any atom is 0.236 e. The second kappa shape index (κ2) is 5.31. The molecule has 0 radical (unpaired) electrons. The monoisotopic (exact) mass is 209 g/mol. The fourth-order valence-corrected chi connectivity index (χ4v) is 1.36. The van der Waals surface area contributed by atoms with E-state index < -0.39 is 5.91 Å². The number of carbonyl (C=O) groups is 1. The first-order valence-corrected chi connectivity index (χ1v) is 4.77. The average molecular weight is 209 g/mol. The summed E-state index contributed by atoms with van der Waals surface area (Å²) >= 11 is 0. The van der Waals surface area contributed by atoms with E-state index >= 15 is 0 Å². The molecular weight excluding hydrogens is 194 g/mol. The van der Waals surface area contributed by atoms with Crippen LogP contribution < -0.4 is 10.6 Å². The second-order valence-corrected chi connectivity index (χ2v) is 3.12. The van der Waals surface area contributed by atoms with Crippen LogP contribution in [-0.4, -0.2) is 29.1 Å². The van der Waals surface area contributed by atoms with Crippen molar-refractivity contribution < 1.29 is 9.90 Å². The number of hydrogen-bond donors (Lipinski definition) is 2. The largest absolute Gasteiger partial charge is 0.392 e. The summed E-state index contributed by atoms with van der Waals surface area (Å²) in [5.74, 6) is 0.202. The second-order valence-electron chi connectivity index (χ2n) is 3.12. The fourth-order valence-electron chi connectivity index (χ4n) is 1.36. The summed E-state index contributed by atoms with van der Waals surface area (Å²) in [6.45, 7) is 2.53. The topological polar surface area (TPSA) is 79.5 Å². The fraction of sp³-hybridized carbons (Fsp3) is 0.400. The maximum absolute atomic E-state index is 10.8. The van der Waals surface area contributed by atoms with Crippen LogP contribution in [0.25, 0.3) is 0 Å². The molecule has 0 spiro atoms. The van der Waals surface area contributed by atoms with Gasteiger partial charge >= 0.3 is 0 Å². The summed E-state index contributed by atoms with van der Waals surface area (Å²) in [6.07, 6.45) is 1.62. The molecule has 0 saturated heterocycles. The SMILES string of the molecule is CCN(CC(N)=O)c1ncccc1CO. The molecule has 82 valence electrons. The molecular formula is C10H15N3O2. The molecule has 0 aliphatic rings. The summed E-state index contributed by atoms with van der Waals surface area (Å²) in [7, 11) is 0. The third kappa shape index (κ3) is 2.92. The van der Waals surface area contributed by atoms with Gasteiger partial charge < -0.3 is 15.7 Å². The molecule has 0 fully saturated rings. The zero-order valence-electron chi connectivity index (χ0n) is 8.68. The number of amides is 1. The predicted octanol–water partition coefficient (Wildman–Crippen LogP) is -0.115. The number of rotatable bonds is 5. The van der Waals surface area contributed by atoms with Gasteiger partial charge in [-0.2, -0.15) is 0 Å². The highest BCUT2D eigenvalue weighted by Crippen LogP contribution is 2.16. The normalized spacial score (nSPS) is 10.0. The molecule has 15 heavy (non-hydrogen) atoms. The summed E-state index contributed by atoms with van der Waals surface area (Å²) < 4.78 is 0. The van der Waals surface area contributed by atoms with Crippen molar-refractivity contribution in [3.8, 4) is 0 Å². The Balaban J connectivity index is 2.95. The van der Waals surface area contributed by atoms with Gasteiger partial charge in [0.25, 0.3) is 0 Å². The molecule has 0 bridgehead atoms. The van der Waals surface area contributed by atoms with Gasteiger partial charge in [-0.15, -0.1) is 0 Å². The first-order valence-electron chi connectivity index (χ1n) is 4.77. The Morgan fingerprint density at radius 1 is 1.67 bits per heavy atom. The van der Waals surface area contributed by atoms with Crippen LogP contribution in [0.3, 0.4) is 0 Å². The van der Waals surface area contributed by atoms with Crippen LogP contribution in [0.15, 0.2) is 18.3 Å². The predicted molar refractivity (Wildman–Crippen MR) is 57.2 cm³/mol. The van der Waals surface area contributed by atoms with Crippen molar-refractivity contribution >= 4 is 11.7 Å². The van der Waals surface area contributed by atoms with E-state index in [1.165, 1.54) is 0 Å². The van der Waals surface area contributed by atoms with E-state index in [1.807, 2.05) is 6.92 Å². The van der Waals surface area contributed by atoms with Gasteiger partial charge in [0.05, 0.1) is 13.2 Å². The first-order chi connectivity index (χ1) is 7.19. The summed E-state index contributed by atoms with van der Waals surface area (Å²) in [6, 6.07) is 3.51. The van der Waals surface area contributed by atoms with Gasteiger partial charge in [-0.25, -0.2) is 4.98 Å². The van der Waals surface area contributed by atoms with Gasteiger partial charge in [0.2, 0.25) is 5.91 Å². The van der Waals surface area contributed by atoms with Crippen LogP contribution in [0.5, 0.6) is 0 Å². The lowest BCUT2D eigenvalue weighted by atomic mass is 10.2. The number of carbonyl (C=O) groups excluding carboxylic acids is 1. The van der Waals surface area contributed by atoms with Crippen molar-refractivity contribution in [3.05, 3.63) is 23.9 Å². The van der Waals surface area contributed by atoms with Gasteiger partial charge in [-0.1, -0.05) is 6.07 Å². The van der Waals surface area contributed by atoms with Crippen molar-refractivity contribution in [2.45, 2.75) is 13.5 Å². The number of aliphatic hydroxyl groups is 1. The molecule has 1 heterocycles. The van der Waals surface area contributed by atoms with Gasteiger partial charge in [0, 0.05) is 18.3 Å². The van der Waals surface area contributed by atoms with Crippen LogP contribution >= 0.6 is 0 Å². The van der Waals surface area contributed by atoms with Crippen LogP contribution in [0.2, 0.25) is 0 Å². The highest BCUT2D eigenvalue weighted by atomic mass is 16.3. The number of nitrogens with zero attached hydrogens (tertiary/aromatic N) is 2. The number of pyridine rings is 1. The van der Waals surface area contributed by atoms with E-state index in [4.69, 9.17) is 10.8 Å². The Morgan fingerprint density at radius 2 is 2.40 bits per heavy atom. The molecule has 0 atom stereocenters. The molecule has 0 saturated carbocycles. The van der Waals surface area contributed by atoms with Crippen molar-refractivity contribution in [2.75, 3.05) is 18.0 Å². The minimum absolute atomic E-state index is 0.0988. The molecule has 1 aromatic rings. The lowest BCUT2D eigenvalue weighted by molar-refractivity contribution is -0.116. The van der Waals surface area contributed by atoms with E-state index in [2.05, 4.69) is 4.98 Å². The summed E-state index contributed by atoms with van der Waals surface area (Å²) in [5.41, 5.74) is 5.82. The van der Waals surface area contributed by atoms with E-state index in [1.54, 1.807) is 23.2 Å². The van der Waals surface area contributed by atoms with Crippen LogP contribution in [0, 0.1) is 0 Å². The van der Waals surface area contributed by atoms with E-state index in [9.17, 15) is 4.79 Å². The van der Waals surface area contributed by atoms with Gasteiger partial charge in [-0.05, 0) is 13.0 Å². The average Bonchev–Trinajstić information content (AvgIpc) is 2.25. The molecule has 1 amide bonds. The Hall–Kier alpha value is -1.62. The molecule has 0 aliphatic carbocycles. The molecule has 0 unspecified atom stereocenters. The molecule has 1 aromatic heterocycles. The highest BCUT2D eigenvalue weighted by Gasteiger charge is 2.12. The zero-order chi connectivity index (χ0) is 11.3. The molecule has 3 N–H and O–H groups in total. The van der Waals surface area contributed by atoms with E-state index in [0.29, 0.717) is 17.9 Å². The highest BCUT2D eigenvalue weighted by molar-refractivity contribution is 5.79. The number of aromatic nitrogens is 1.